The predicted molar refractivity (Wildman–Crippen MR) is 83.0 cm³/mol. The van der Waals surface area contributed by atoms with Gasteiger partial charge in [0.1, 0.15) is 5.75 Å². The van der Waals surface area contributed by atoms with Crippen LogP contribution in [0.15, 0.2) is 36.4 Å². The van der Waals surface area contributed by atoms with Gasteiger partial charge in [0.2, 0.25) is 0 Å². The monoisotopic (exact) mass is 277 g/mol. The molecule has 2 aromatic carbocycles. The first kappa shape index (κ1) is 15.5. The predicted octanol–water partition coefficient (Wildman–Crippen LogP) is 3.86. The summed E-state index contributed by atoms with van der Waals surface area (Å²) >= 11 is 0. The van der Waals surface area contributed by atoms with Gasteiger partial charge < -0.3 is 10.5 Å². The van der Waals surface area contributed by atoms with Gasteiger partial charge in [-0.25, -0.2) is 0 Å². The second kappa shape index (κ2) is 6.60. The van der Waals surface area contributed by atoms with E-state index in [1.165, 1.54) is 27.8 Å². The molecule has 102 valence electrons. The molecule has 0 saturated carbocycles. The zero-order valence-electron chi connectivity index (χ0n) is 11.6. The van der Waals surface area contributed by atoms with E-state index in [1.54, 1.807) is 7.11 Å². The highest BCUT2D eigenvalue weighted by Gasteiger charge is 2.06. The highest BCUT2D eigenvalue weighted by atomic mass is 35.5. The number of benzene rings is 2. The molecule has 0 aliphatic rings. The number of halogens is 1. The van der Waals surface area contributed by atoms with E-state index in [4.69, 9.17) is 10.5 Å². The largest absolute Gasteiger partial charge is 0.497 e. The highest BCUT2D eigenvalue weighted by molar-refractivity contribution is 5.85. The third-order valence-electron chi connectivity index (χ3n) is 3.30. The summed E-state index contributed by atoms with van der Waals surface area (Å²) in [7, 11) is 1.69. The number of rotatable bonds is 3. The lowest BCUT2D eigenvalue weighted by atomic mass is 9.95. The molecule has 0 aromatic heterocycles. The number of hydrogen-bond donors (Lipinski definition) is 1. The molecular formula is C16H20ClNO. The molecule has 0 saturated heterocycles. The minimum Gasteiger partial charge on any atom is -0.497 e. The van der Waals surface area contributed by atoms with Crippen LogP contribution in [-0.4, -0.2) is 7.11 Å². The molecule has 19 heavy (non-hydrogen) atoms. The van der Waals surface area contributed by atoms with Crippen LogP contribution in [0.1, 0.15) is 16.7 Å². The van der Waals surface area contributed by atoms with Crippen molar-refractivity contribution in [1.29, 1.82) is 0 Å². The Balaban J connectivity index is 0.00000180. The summed E-state index contributed by atoms with van der Waals surface area (Å²) in [4.78, 5) is 0. The van der Waals surface area contributed by atoms with Gasteiger partial charge in [0.25, 0.3) is 0 Å². The number of aryl methyl sites for hydroxylation is 2. The lowest BCUT2D eigenvalue weighted by Crippen LogP contribution is -2.02. The zero-order chi connectivity index (χ0) is 13.1. The lowest BCUT2D eigenvalue weighted by molar-refractivity contribution is 0.415. The average Bonchev–Trinajstić information content (AvgIpc) is 2.38. The van der Waals surface area contributed by atoms with Gasteiger partial charge in [-0.15, -0.1) is 12.4 Å². The van der Waals surface area contributed by atoms with E-state index >= 15 is 0 Å². The topological polar surface area (TPSA) is 35.2 Å². The van der Waals surface area contributed by atoms with Crippen LogP contribution in [0.4, 0.5) is 0 Å². The second-order valence-corrected chi connectivity index (χ2v) is 4.52. The van der Waals surface area contributed by atoms with Gasteiger partial charge in [0.15, 0.2) is 0 Å². The minimum absolute atomic E-state index is 0. The fourth-order valence-electron chi connectivity index (χ4n) is 2.28. The molecule has 0 bridgehead atoms. The smallest absolute Gasteiger partial charge is 0.119 e. The SMILES string of the molecule is COc1cccc(-c2cc(C)c(CN)c(C)c2)c1.Cl. The van der Waals surface area contributed by atoms with Crippen LogP contribution in [0.25, 0.3) is 11.1 Å². The maximum absolute atomic E-state index is 5.77. The highest BCUT2D eigenvalue weighted by Crippen LogP contribution is 2.27. The van der Waals surface area contributed by atoms with E-state index in [1.807, 2.05) is 12.1 Å². The molecule has 2 N–H and O–H groups in total. The third-order valence-corrected chi connectivity index (χ3v) is 3.30. The van der Waals surface area contributed by atoms with Gasteiger partial charge in [-0.3, -0.25) is 0 Å². The Morgan fingerprint density at radius 2 is 1.63 bits per heavy atom. The molecule has 2 nitrogen and oxygen atoms in total. The number of methoxy groups -OCH3 is 1. The summed E-state index contributed by atoms with van der Waals surface area (Å²) in [6.07, 6.45) is 0. The van der Waals surface area contributed by atoms with E-state index in [-0.39, 0.29) is 12.4 Å². The summed E-state index contributed by atoms with van der Waals surface area (Å²) in [6.45, 7) is 4.81. The molecule has 0 unspecified atom stereocenters. The summed E-state index contributed by atoms with van der Waals surface area (Å²) in [5, 5.41) is 0. The van der Waals surface area contributed by atoms with Crippen LogP contribution in [0.5, 0.6) is 5.75 Å². The second-order valence-electron chi connectivity index (χ2n) is 4.52. The third kappa shape index (κ3) is 3.28. The van der Waals surface area contributed by atoms with Gasteiger partial charge in [0, 0.05) is 6.54 Å². The first-order valence-corrected chi connectivity index (χ1v) is 6.10. The van der Waals surface area contributed by atoms with Crippen molar-refractivity contribution in [3.05, 3.63) is 53.1 Å². The molecule has 0 aliphatic carbocycles. The Morgan fingerprint density at radius 3 is 2.16 bits per heavy atom. The average molecular weight is 278 g/mol. The minimum atomic E-state index is 0. The van der Waals surface area contributed by atoms with Crippen molar-refractivity contribution in [2.45, 2.75) is 20.4 Å². The fourth-order valence-corrected chi connectivity index (χ4v) is 2.28. The normalized spacial score (nSPS) is 9.89. The van der Waals surface area contributed by atoms with E-state index in [0.29, 0.717) is 6.54 Å². The van der Waals surface area contributed by atoms with Crippen molar-refractivity contribution in [2.24, 2.45) is 5.73 Å². The molecule has 2 rings (SSSR count). The van der Waals surface area contributed by atoms with Crippen LogP contribution >= 0.6 is 12.4 Å². The van der Waals surface area contributed by atoms with Gasteiger partial charge >= 0.3 is 0 Å². The van der Waals surface area contributed by atoms with Gasteiger partial charge in [-0.05, 0) is 53.8 Å². The number of ether oxygens (including phenoxy) is 1. The van der Waals surface area contributed by atoms with Crippen LogP contribution in [0.3, 0.4) is 0 Å². The molecule has 0 amide bonds. The van der Waals surface area contributed by atoms with Crippen molar-refractivity contribution >= 4 is 12.4 Å². The Bertz CT molecular complexity index is 543. The molecule has 0 spiro atoms. The molecular weight excluding hydrogens is 258 g/mol. The fraction of sp³-hybridized carbons (Fsp3) is 0.250. The van der Waals surface area contributed by atoms with Crippen molar-refractivity contribution in [1.82, 2.24) is 0 Å². The quantitative estimate of drug-likeness (QED) is 0.925. The Hall–Kier alpha value is -1.51. The van der Waals surface area contributed by atoms with Gasteiger partial charge in [0.05, 0.1) is 7.11 Å². The lowest BCUT2D eigenvalue weighted by Gasteiger charge is -2.12. The van der Waals surface area contributed by atoms with E-state index < -0.39 is 0 Å². The summed E-state index contributed by atoms with van der Waals surface area (Å²) < 4.78 is 5.26. The maximum atomic E-state index is 5.77. The summed E-state index contributed by atoms with van der Waals surface area (Å²) in [5.41, 5.74) is 11.9. The van der Waals surface area contributed by atoms with Crippen LogP contribution in [0, 0.1) is 13.8 Å². The molecule has 3 heteroatoms. The number of nitrogens with two attached hydrogens (primary N) is 1. The molecule has 0 fully saturated rings. The summed E-state index contributed by atoms with van der Waals surface area (Å²) in [6, 6.07) is 12.5. The van der Waals surface area contributed by atoms with Crippen LogP contribution in [-0.2, 0) is 6.54 Å². The Morgan fingerprint density at radius 1 is 1.00 bits per heavy atom. The zero-order valence-corrected chi connectivity index (χ0v) is 12.4. The van der Waals surface area contributed by atoms with Crippen molar-refractivity contribution in [3.8, 4) is 16.9 Å². The molecule has 0 atom stereocenters. The van der Waals surface area contributed by atoms with E-state index in [2.05, 4.69) is 38.1 Å². The van der Waals surface area contributed by atoms with Crippen molar-refractivity contribution in [2.75, 3.05) is 7.11 Å². The number of hydrogen-bond acceptors (Lipinski definition) is 2. The maximum Gasteiger partial charge on any atom is 0.119 e. The van der Waals surface area contributed by atoms with Crippen molar-refractivity contribution < 1.29 is 4.74 Å². The van der Waals surface area contributed by atoms with Crippen LogP contribution < -0.4 is 10.5 Å². The van der Waals surface area contributed by atoms with Gasteiger partial charge in [-0.1, -0.05) is 24.3 Å². The first-order chi connectivity index (χ1) is 8.65. The Kier molecular flexibility index (Phi) is 5.40. The van der Waals surface area contributed by atoms with Crippen molar-refractivity contribution in [3.63, 3.8) is 0 Å². The molecule has 2 aromatic rings. The molecule has 0 aliphatic heterocycles. The molecule has 0 heterocycles. The summed E-state index contributed by atoms with van der Waals surface area (Å²) in [5.74, 6) is 0.880. The first-order valence-electron chi connectivity index (χ1n) is 6.10. The van der Waals surface area contributed by atoms with Gasteiger partial charge in [-0.2, -0.15) is 0 Å². The van der Waals surface area contributed by atoms with Crippen LogP contribution in [0.2, 0.25) is 0 Å². The van der Waals surface area contributed by atoms with E-state index in [0.717, 1.165) is 5.75 Å². The standard InChI is InChI=1S/C16H19NO.ClH/c1-11-7-14(8-12(2)16(11)10-17)13-5-4-6-15(9-13)18-3;/h4-9H,10,17H2,1-3H3;1H. The molecule has 0 radical (unpaired) electrons. The van der Waals surface area contributed by atoms with E-state index in [9.17, 15) is 0 Å². The Labute approximate surface area is 121 Å².